The van der Waals surface area contributed by atoms with Crippen molar-refractivity contribution in [1.29, 1.82) is 0 Å². The Morgan fingerprint density at radius 2 is 2.10 bits per heavy atom. The molecule has 2 fully saturated rings. The van der Waals surface area contributed by atoms with Crippen LogP contribution in [0.25, 0.3) is 0 Å². The highest BCUT2D eigenvalue weighted by atomic mass is 19.1. The Morgan fingerprint density at radius 3 is 2.80 bits per heavy atom. The first-order chi connectivity index (χ1) is 9.63. The molecular formula is C15H17FN2O2. The summed E-state index contributed by atoms with van der Waals surface area (Å²) in [4.78, 5) is 25.5. The molecule has 0 spiro atoms. The number of carbonyl (C=O) groups excluding carboxylic acids is 2. The van der Waals surface area contributed by atoms with Crippen LogP contribution in [-0.4, -0.2) is 35.8 Å². The van der Waals surface area contributed by atoms with Crippen LogP contribution in [0, 0.1) is 11.7 Å². The van der Waals surface area contributed by atoms with Gasteiger partial charge in [0, 0.05) is 6.54 Å². The number of hydrogen-bond donors (Lipinski definition) is 1. The predicted octanol–water partition coefficient (Wildman–Crippen LogP) is 1.11. The topological polar surface area (TPSA) is 49.4 Å². The van der Waals surface area contributed by atoms with Gasteiger partial charge in [0.05, 0.1) is 6.54 Å². The number of benzene rings is 1. The maximum absolute atomic E-state index is 13.1. The Kier molecular flexibility index (Phi) is 3.42. The first-order valence-electron chi connectivity index (χ1n) is 6.96. The van der Waals surface area contributed by atoms with Gasteiger partial charge < -0.3 is 10.2 Å². The zero-order valence-electron chi connectivity index (χ0n) is 11.1. The molecule has 106 valence electrons. The summed E-state index contributed by atoms with van der Waals surface area (Å²) in [7, 11) is 0. The summed E-state index contributed by atoms with van der Waals surface area (Å²) in [5.74, 6) is -0.0614. The fourth-order valence-electron chi connectivity index (χ4n) is 2.62. The normalized spacial score (nSPS) is 22.9. The molecule has 1 aliphatic carbocycles. The van der Waals surface area contributed by atoms with Crippen LogP contribution in [0.1, 0.15) is 18.4 Å². The van der Waals surface area contributed by atoms with Crippen molar-refractivity contribution < 1.29 is 14.0 Å². The van der Waals surface area contributed by atoms with Crippen LogP contribution in [0.4, 0.5) is 4.39 Å². The summed E-state index contributed by atoms with van der Waals surface area (Å²) in [6.07, 6.45) is 2.58. The van der Waals surface area contributed by atoms with Crippen molar-refractivity contribution in [1.82, 2.24) is 10.2 Å². The van der Waals surface area contributed by atoms with Gasteiger partial charge in [0.2, 0.25) is 11.8 Å². The lowest BCUT2D eigenvalue weighted by Gasteiger charge is -2.32. The number of halogens is 1. The van der Waals surface area contributed by atoms with Gasteiger partial charge in [-0.05, 0) is 42.9 Å². The molecule has 1 heterocycles. The standard InChI is InChI=1S/C15H17FN2O2/c16-12-3-1-2-10(8-12)6-7-18-9-13(19)17-14(15(18)20)11-4-5-11/h1-3,8,11,14H,4-7,9H2,(H,17,19). The number of carbonyl (C=O) groups is 2. The van der Waals surface area contributed by atoms with E-state index in [1.807, 2.05) is 6.07 Å². The monoisotopic (exact) mass is 276 g/mol. The zero-order chi connectivity index (χ0) is 14.1. The highest BCUT2D eigenvalue weighted by Crippen LogP contribution is 2.34. The predicted molar refractivity (Wildman–Crippen MR) is 71.3 cm³/mol. The van der Waals surface area contributed by atoms with Gasteiger partial charge in [-0.1, -0.05) is 12.1 Å². The number of amides is 2. The van der Waals surface area contributed by atoms with Crippen molar-refractivity contribution in [3.63, 3.8) is 0 Å². The summed E-state index contributed by atoms with van der Waals surface area (Å²) >= 11 is 0. The van der Waals surface area contributed by atoms with Crippen LogP contribution < -0.4 is 5.32 Å². The van der Waals surface area contributed by atoms with E-state index in [1.165, 1.54) is 12.1 Å². The second-order valence-electron chi connectivity index (χ2n) is 5.52. The number of hydrogen-bond acceptors (Lipinski definition) is 2. The van der Waals surface area contributed by atoms with E-state index >= 15 is 0 Å². The molecule has 1 aliphatic heterocycles. The van der Waals surface area contributed by atoms with E-state index in [0.29, 0.717) is 18.9 Å². The minimum atomic E-state index is -0.344. The number of nitrogens with zero attached hydrogens (tertiary/aromatic N) is 1. The maximum atomic E-state index is 13.1. The third-order valence-electron chi connectivity index (χ3n) is 3.88. The average Bonchev–Trinajstić information content (AvgIpc) is 3.24. The Morgan fingerprint density at radius 1 is 1.30 bits per heavy atom. The van der Waals surface area contributed by atoms with Gasteiger partial charge in [0.15, 0.2) is 0 Å². The molecule has 2 aliphatic rings. The molecule has 5 heteroatoms. The van der Waals surface area contributed by atoms with Crippen LogP contribution in [0.3, 0.4) is 0 Å². The highest BCUT2D eigenvalue weighted by Gasteiger charge is 2.42. The molecule has 3 rings (SSSR count). The fourth-order valence-corrected chi connectivity index (χ4v) is 2.62. The van der Waals surface area contributed by atoms with E-state index in [9.17, 15) is 14.0 Å². The van der Waals surface area contributed by atoms with Gasteiger partial charge in [0.25, 0.3) is 0 Å². The van der Waals surface area contributed by atoms with Crippen molar-refractivity contribution in [2.75, 3.05) is 13.1 Å². The minimum Gasteiger partial charge on any atom is -0.342 e. The van der Waals surface area contributed by atoms with Gasteiger partial charge in [-0.25, -0.2) is 4.39 Å². The van der Waals surface area contributed by atoms with Gasteiger partial charge in [-0.3, -0.25) is 9.59 Å². The molecule has 1 N–H and O–H groups in total. The summed E-state index contributed by atoms with van der Waals surface area (Å²) in [5.41, 5.74) is 0.840. The Labute approximate surface area is 117 Å². The van der Waals surface area contributed by atoms with E-state index < -0.39 is 0 Å². The molecule has 1 aromatic rings. The maximum Gasteiger partial charge on any atom is 0.245 e. The number of rotatable bonds is 4. The van der Waals surface area contributed by atoms with Gasteiger partial charge >= 0.3 is 0 Å². The molecule has 0 aromatic heterocycles. The summed E-state index contributed by atoms with van der Waals surface area (Å²) in [6, 6.07) is 6.00. The first kappa shape index (κ1) is 13.1. The molecule has 0 radical (unpaired) electrons. The van der Waals surface area contributed by atoms with E-state index in [4.69, 9.17) is 0 Å². The van der Waals surface area contributed by atoms with Gasteiger partial charge in [0.1, 0.15) is 11.9 Å². The molecule has 20 heavy (non-hydrogen) atoms. The fraction of sp³-hybridized carbons (Fsp3) is 0.467. The average molecular weight is 276 g/mol. The van der Waals surface area contributed by atoms with Crippen LogP contribution in [0.2, 0.25) is 0 Å². The van der Waals surface area contributed by atoms with Crippen molar-refractivity contribution in [3.05, 3.63) is 35.6 Å². The van der Waals surface area contributed by atoms with Crippen molar-refractivity contribution >= 4 is 11.8 Å². The molecule has 1 aromatic carbocycles. The van der Waals surface area contributed by atoms with E-state index in [2.05, 4.69) is 5.32 Å². The lowest BCUT2D eigenvalue weighted by Crippen LogP contribution is -2.59. The third-order valence-corrected chi connectivity index (χ3v) is 3.88. The summed E-state index contributed by atoms with van der Waals surface area (Å²) < 4.78 is 13.1. The molecule has 1 saturated carbocycles. The molecule has 1 saturated heterocycles. The van der Waals surface area contributed by atoms with E-state index in [1.54, 1.807) is 11.0 Å². The van der Waals surface area contributed by atoms with Crippen LogP contribution in [0.15, 0.2) is 24.3 Å². The minimum absolute atomic E-state index is 0.00324. The Balaban J connectivity index is 1.63. The molecule has 4 nitrogen and oxygen atoms in total. The third kappa shape index (κ3) is 2.81. The quantitative estimate of drug-likeness (QED) is 0.895. The summed E-state index contributed by atoms with van der Waals surface area (Å²) in [5, 5.41) is 2.78. The highest BCUT2D eigenvalue weighted by molar-refractivity contribution is 5.95. The van der Waals surface area contributed by atoms with E-state index in [-0.39, 0.29) is 30.2 Å². The molecule has 0 bridgehead atoms. The van der Waals surface area contributed by atoms with Crippen LogP contribution in [-0.2, 0) is 16.0 Å². The summed E-state index contributed by atoms with van der Waals surface area (Å²) in [6.45, 7) is 0.566. The largest absolute Gasteiger partial charge is 0.342 e. The SMILES string of the molecule is O=C1CN(CCc2cccc(F)c2)C(=O)C(C2CC2)N1. The first-order valence-corrected chi connectivity index (χ1v) is 6.96. The van der Waals surface area contributed by atoms with Crippen LogP contribution in [0.5, 0.6) is 0 Å². The lowest BCUT2D eigenvalue weighted by molar-refractivity contribution is -0.144. The van der Waals surface area contributed by atoms with Crippen LogP contribution >= 0.6 is 0 Å². The zero-order valence-corrected chi connectivity index (χ0v) is 11.1. The van der Waals surface area contributed by atoms with Crippen molar-refractivity contribution in [3.8, 4) is 0 Å². The number of nitrogens with one attached hydrogen (secondary N) is 1. The van der Waals surface area contributed by atoms with E-state index in [0.717, 1.165) is 18.4 Å². The molecule has 1 unspecified atom stereocenters. The molecule has 2 amide bonds. The Hall–Kier alpha value is -1.91. The lowest BCUT2D eigenvalue weighted by atomic mass is 10.1. The number of piperazine rings is 1. The second kappa shape index (κ2) is 5.23. The molecule has 1 atom stereocenters. The second-order valence-corrected chi connectivity index (χ2v) is 5.52. The van der Waals surface area contributed by atoms with Gasteiger partial charge in [-0.15, -0.1) is 0 Å². The van der Waals surface area contributed by atoms with Gasteiger partial charge in [-0.2, -0.15) is 0 Å². The Bertz CT molecular complexity index is 542. The smallest absolute Gasteiger partial charge is 0.245 e. The van der Waals surface area contributed by atoms with Crippen molar-refractivity contribution in [2.24, 2.45) is 5.92 Å². The molecular weight excluding hydrogens is 259 g/mol. The van der Waals surface area contributed by atoms with Crippen molar-refractivity contribution in [2.45, 2.75) is 25.3 Å².